The van der Waals surface area contributed by atoms with E-state index in [-0.39, 0.29) is 0 Å². The number of anilines is 1. The van der Waals surface area contributed by atoms with E-state index in [1.54, 1.807) is 0 Å². The third kappa shape index (κ3) is 3.34. The Labute approximate surface area is 86.2 Å². The van der Waals surface area contributed by atoms with Gasteiger partial charge in [-0.25, -0.2) is 0 Å². The molecule has 1 heterocycles. The number of nitrogens with zero attached hydrogens (tertiary/aromatic N) is 2. The quantitative estimate of drug-likeness (QED) is 0.717. The van der Waals surface area contributed by atoms with Crippen molar-refractivity contribution in [1.82, 2.24) is 10.3 Å². The summed E-state index contributed by atoms with van der Waals surface area (Å²) in [4.78, 5) is 6.50. The lowest BCUT2D eigenvalue weighted by molar-refractivity contribution is 0.712. The zero-order valence-electron chi connectivity index (χ0n) is 9.25. The van der Waals surface area contributed by atoms with E-state index in [4.69, 9.17) is 0 Å². The van der Waals surface area contributed by atoms with Crippen LogP contribution in [-0.2, 0) is 0 Å². The number of nitrogens with one attached hydrogen (secondary N) is 1. The van der Waals surface area contributed by atoms with Gasteiger partial charge in [-0.15, -0.1) is 0 Å². The first-order valence-electron chi connectivity index (χ1n) is 5.02. The lowest BCUT2D eigenvalue weighted by Gasteiger charge is -2.18. The summed E-state index contributed by atoms with van der Waals surface area (Å²) < 4.78 is 0. The summed E-state index contributed by atoms with van der Waals surface area (Å²) >= 11 is 0. The molecule has 0 aliphatic heterocycles. The Balaban J connectivity index is 2.43. The van der Waals surface area contributed by atoms with Crippen LogP contribution in [0.5, 0.6) is 0 Å². The standard InChI is InChI=1S/C11H19N3/c1-10-5-6-11(9-13-10)14(3)8-4-7-12-2/h5-6,9,12H,4,7-8H2,1-3H3. The van der Waals surface area contributed by atoms with Crippen LogP contribution in [0.1, 0.15) is 12.1 Å². The molecule has 0 aliphatic carbocycles. The summed E-state index contributed by atoms with van der Waals surface area (Å²) in [7, 11) is 4.08. The van der Waals surface area contributed by atoms with Crippen molar-refractivity contribution in [1.29, 1.82) is 0 Å². The summed E-state index contributed by atoms with van der Waals surface area (Å²) in [5.74, 6) is 0. The Morgan fingerprint density at radius 1 is 1.43 bits per heavy atom. The smallest absolute Gasteiger partial charge is 0.0550 e. The number of aromatic nitrogens is 1. The molecule has 0 atom stereocenters. The average molecular weight is 193 g/mol. The van der Waals surface area contributed by atoms with E-state index in [1.165, 1.54) is 5.69 Å². The van der Waals surface area contributed by atoms with E-state index in [9.17, 15) is 0 Å². The molecule has 0 radical (unpaired) electrons. The number of aryl methyl sites for hydroxylation is 1. The van der Waals surface area contributed by atoms with Gasteiger partial charge in [-0.2, -0.15) is 0 Å². The SMILES string of the molecule is CNCCCN(C)c1ccc(C)nc1. The molecular weight excluding hydrogens is 174 g/mol. The van der Waals surface area contributed by atoms with Crippen molar-refractivity contribution in [3.63, 3.8) is 0 Å². The van der Waals surface area contributed by atoms with Gasteiger partial charge < -0.3 is 10.2 Å². The van der Waals surface area contributed by atoms with Crippen LogP contribution in [0, 0.1) is 6.92 Å². The molecule has 3 heteroatoms. The van der Waals surface area contributed by atoms with Gasteiger partial charge in [-0.3, -0.25) is 4.98 Å². The minimum absolute atomic E-state index is 1.06. The lowest BCUT2D eigenvalue weighted by Crippen LogP contribution is -2.22. The van der Waals surface area contributed by atoms with Crippen molar-refractivity contribution >= 4 is 5.69 Å². The molecule has 0 unspecified atom stereocenters. The molecule has 1 aromatic rings. The Bertz CT molecular complexity index is 256. The van der Waals surface area contributed by atoms with Crippen LogP contribution >= 0.6 is 0 Å². The molecule has 1 N–H and O–H groups in total. The maximum Gasteiger partial charge on any atom is 0.0550 e. The van der Waals surface area contributed by atoms with E-state index in [2.05, 4.69) is 28.3 Å². The highest BCUT2D eigenvalue weighted by atomic mass is 15.1. The topological polar surface area (TPSA) is 28.2 Å². The molecule has 0 amide bonds. The normalized spacial score (nSPS) is 10.2. The fraction of sp³-hybridized carbons (Fsp3) is 0.545. The molecule has 78 valence electrons. The first-order chi connectivity index (χ1) is 6.74. The monoisotopic (exact) mass is 193 g/mol. The van der Waals surface area contributed by atoms with Crippen molar-refractivity contribution in [2.24, 2.45) is 0 Å². The van der Waals surface area contributed by atoms with Gasteiger partial charge in [0, 0.05) is 19.3 Å². The number of pyridine rings is 1. The molecule has 0 aromatic carbocycles. The minimum atomic E-state index is 1.06. The molecule has 0 fully saturated rings. The van der Waals surface area contributed by atoms with Crippen LogP contribution in [0.3, 0.4) is 0 Å². The molecule has 0 aliphatic rings. The zero-order valence-corrected chi connectivity index (χ0v) is 9.25. The molecule has 0 saturated heterocycles. The van der Waals surface area contributed by atoms with Gasteiger partial charge >= 0.3 is 0 Å². The summed E-state index contributed by atoms with van der Waals surface area (Å²) in [5, 5.41) is 3.14. The van der Waals surface area contributed by atoms with Crippen molar-refractivity contribution < 1.29 is 0 Å². The van der Waals surface area contributed by atoms with Crippen molar-refractivity contribution in [2.75, 3.05) is 32.1 Å². The summed E-state index contributed by atoms with van der Waals surface area (Å²) in [6.45, 7) is 4.12. The average Bonchev–Trinajstić information content (AvgIpc) is 2.19. The van der Waals surface area contributed by atoms with Crippen LogP contribution in [0.25, 0.3) is 0 Å². The first kappa shape index (κ1) is 11.0. The van der Waals surface area contributed by atoms with Gasteiger partial charge in [-0.1, -0.05) is 0 Å². The second-order valence-corrected chi connectivity index (χ2v) is 3.54. The predicted octanol–water partition coefficient (Wildman–Crippen LogP) is 1.44. The van der Waals surface area contributed by atoms with E-state index >= 15 is 0 Å². The predicted molar refractivity (Wildman–Crippen MR) is 60.8 cm³/mol. The summed E-state index contributed by atoms with van der Waals surface area (Å²) in [6, 6.07) is 4.16. The van der Waals surface area contributed by atoms with E-state index < -0.39 is 0 Å². The van der Waals surface area contributed by atoms with Crippen LogP contribution in [0.2, 0.25) is 0 Å². The molecule has 0 spiro atoms. The second-order valence-electron chi connectivity index (χ2n) is 3.54. The van der Waals surface area contributed by atoms with E-state index in [1.807, 2.05) is 26.2 Å². The molecule has 1 rings (SSSR count). The highest BCUT2D eigenvalue weighted by Gasteiger charge is 1.99. The highest BCUT2D eigenvalue weighted by Crippen LogP contribution is 2.10. The Morgan fingerprint density at radius 2 is 2.21 bits per heavy atom. The highest BCUT2D eigenvalue weighted by molar-refractivity contribution is 5.43. The molecule has 0 saturated carbocycles. The van der Waals surface area contributed by atoms with Gasteiger partial charge in [0.25, 0.3) is 0 Å². The first-order valence-corrected chi connectivity index (χ1v) is 5.02. The molecule has 0 bridgehead atoms. The molecular formula is C11H19N3. The lowest BCUT2D eigenvalue weighted by atomic mass is 10.3. The maximum atomic E-state index is 4.27. The number of hydrogen-bond donors (Lipinski definition) is 1. The summed E-state index contributed by atoms with van der Waals surface area (Å²) in [5.41, 5.74) is 2.25. The molecule has 3 nitrogen and oxygen atoms in total. The van der Waals surface area contributed by atoms with Crippen molar-refractivity contribution in [3.05, 3.63) is 24.0 Å². The maximum absolute atomic E-state index is 4.27. The van der Waals surface area contributed by atoms with E-state index in [0.717, 1.165) is 25.2 Å². The van der Waals surface area contributed by atoms with Crippen molar-refractivity contribution in [2.45, 2.75) is 13.3 Å². The van der Waals surface area contributed by atoms with Crippen LogP contribution in [0.15, 0.2) is 18.3 Å². The minimum Gasteiger partial charge on any atom is -0.373 e. The van der Waals surface area contributed by atoms with E-state index in [0.29, 0.717) is 0 Å². The Morgan fingerprint density at radius 3 is 2.79 bits per heavy atom. The van der Waals surface area contributed by atoms with Gasteiger partial charge in [-0.05, 0) is 39.1 Å². The van der Waals surface area contributed by atoms with Gasteiger partial charge in [0.1, 0.15) is 0 Å². The van der Waals surface area contributed by atoms with Crippen LogP contribution < -0.4 is 10.2 Å². The third-order valence-corrected chi connectivity index (χ3v) is 2.26. The van der Waals surface area contributed by atoms with Gasteiger partial charge in [0.15, 0.2) is 0 Å². The molecule has 1 aromatic heterocycles. The Kier molecular flexibility index (Phi) is 4.40. The van der Waals surface area contributed by atoms with Crippen LogP contribution in [-0.4, -0.2) is 32.2 Å². The van der Waals surface area contributed by atoms with Gasteiger partial charge in [0.05, 0.1) is 11.9 Å². The number of rotatable bonds is 5. The van der Waals surface area contributed by atoms with Crippen LogP contribution in [0.4, 0.5) is 5.69 Å². The van der Waals surface area contributed by atoms with Crippen molar-refractivity contribution in [3.8, 4) is 0 Å². The zero-order chi connectivity index (χ0) is 10.4. The number of hydrogen-bond acceptors (Lipinski definition) is 3. The fourth-order valence-electron chi connectivity index (χ4n) is 1.31. The van der Waals surface area contributed by atoms with Gasteiger partial charge in [0.2, 0.25) is 0 Å². The second kappa shape index (κ2) is 5.60. The fourth-order valence-corrected chi connectivity index (χ4v) is 1.31. The summed E-state index contributed by atoms with van der Waals surface area (Å²) in [6.07, 6.45) is 3.08. The Hall–Kier alpha value is -1.09. The molecule has 14 heavy (non-hydrogen) atoms. The third-order valence-electron chi connectivity index (χ3n) is 2.26. The largest absolute Gasteiger partial charge is 0.373 e.